The second kappa shape index (κ2) is 9.03. The van der Waals surface area contributed by atoms with E-state index >= 15 is 0 Å². The first-order valence-corrected chi connectivity index (χ1v) is 10.4. The van der Waals surface area contributed by atoms with E-state index < -0.39 is 16.0 Å². The number of carbonyl (C=O) groups is 1. The van der Waals surface area contributed by atoms with Gasteiger partial charge in [0.1, 0.15) is 4.90 Å². The predicted molar refractivity (Wildman–Crippen MR) is 111 cm³/mol. The van der Waals surface area contributed by atoms with Crippen LogP contribution in [0.25, 0.3) is 0 Å². The van der Waals surface area contributed by atoms with Crippen molar-refractivity contribution in [1.29, 1.82) is 0 Å². The van der Waals surface area contributed by atoms with Gasteiger partial charge in [0.05, 0.1) is 10.6 Å². The second-order valence-corrected chi connectivity index (χ2v) is 8.12. The van der Waals surface area contributed by atoms with E-state index in [-0.39, 0.29) is 39.8 Å². The number of rotatable bonds is 7. The van der Waals surface area contributed by atoms with Gasteiger partial charge in [-0.05, 0) is 37.4 Å². The van der Waals surface area contributed by atoms with Crippen LogP contribution in [0.15, 0.2) is 53.4 Å². The van der Waals surface area contributed by atoms with Crippen molar-refractivity contribution in [1.82, 2.24) is 19.7 Å². The van der Waals surface area contributed by atoms with Crippen molar-refractivity contribution in [2.75, 3.05) is 18.1 Å². The summed E-state index contributed by atoms with van der Waals surface area (Å²) >= 11 is 5.92. The quantitative estimate of drug-likeness (QED) is 0.462. The van der Waals surface area contributed by atoms with Crippen LogP contribution in [0.1, 0.15) is 16.2 Å². The highest BCUT2D eigenvalue weighted by molar-refractivity contribution is 7.89. The summed E-state index contributed by atoms with van der Waals surface area (Å²) in [5.74, 6) is -0.529. The van der Waals surface area contributed by atoms with Gasteiger partial charge in [0.15, 0.2) is 12.4 Å². The first-order chi connectivity index (χ1) is 14.3. The number of nitrogens with one attached hydrogen (secondary N) is 2. The minimum atomic E-state index is -3.84. The van der Waals surface area contributed by atoms with E-state index in [1.165, 1.54) is 19.2 Å². The smallest absolute Gasteiger partial charge is 0.338 e. The van der Waals surface area contributed by atoms with Crippen LogP contribution in [-0.4, -0.2) is 36.4 Å². The number of halogens is 1. The van der Waals surface area contributed by atoms with Crippen LogP contribution in [-0.2, 0) is 21.4 Å². The van der Waals surface area contributed by atoms with Crippen molar-refractivity contribution in [3.8, 4) is 0 Å². The number of nitrogens with zero attached hydrogens (tertiary/aromatic N) is 3. The average Bonchev–Trinajstić information content (AvgIpc) is 2.72. The fraction of sp³-hybridized carbons (Fsp3) is 0.111. The summed E-state index contributed by atoms with van der Waals surface area (Å²) < 4.78 is 31.3. The molecule has 0 radical (unpaired) electrons. The van der Waals surface area contributed by atoms with Crippen molar-refractivity contribution in [2.45, 2.75) is 11.5 Å². The molecule has 3 rings (SSSR count). The number of nitrogens with two attached hydrogens (primary N) is 1. The van der Waals surface area contributed by atoms with Crippen LogP contribution in [0.3, 0.4) is 0 Å². The van der Waals surface area contributed by atoms with Crippen LogP contribution in [0.4, 0.5) is 17.6 Å². The van der Waals surface area contributed by atoms with E-state index in [1.54, 1.807) is 0 Å². The Labute approximate surface area is 177 Å². The summed E-state index contributed by atoms with van der Waals surface area (Å²) in [6.45, 7) is -0.300. The molecule has 0 aliphatic rings. The zero-order valence-corrected chi connectivity index (χ0v) is 17.2. The molecule has 4 N–H and O–H groups in total. The first-order valence-electron chi connectivity index (χ1n) is 8.51. The molecule has 0 fully saturated rings. The SMILES string of the molecule is CNS(=O)(=O)c1cc(C(=O)OCc2nc(N)nc(Nc3ccccc3)n2)ccc1Cl. The number of hydrogen-bond acceptors (Lipinski definition) is 9. The maximum atomic E-state index is 12.4. The van der Waals surface area contributed by atoms with E-state index in [0.717, 1.165) is 11.8 Å². The minimum Gasteiger partial charge on any atom is -0.454 e. The molecule has 0 aliphatic carbocycles. The number of carbonyl (C=O) groups excluding carboxylic acids is 1. The lowest BCUT2D eigenvalue weighted by atomic mass is 10.2. The molecule has 0 saturated heterocycles. The molecule has 0 aliphatic heterocycles. The van der Waals surface area contributed by atoms with Gasteiger partial charge in [-0.3, -0.25) is 0 Å². The van der Waals surface area contributed by atoms with Gasteiger partial charge in [0.25, 0.3) is 0 Å². The second-order valence-electron chi connectivity index (χ2n) is 5.85. The van der Waals surface area contributed by atoms with Crippen molar-refractivity contribution >= 4 is 45.2 Å². The Balaban J connectivity index is 1.74. The molecule has 0 spiro atoms. The fourth-order valence-electron chi connectivity index (χ4n) is 2.37. The number of para-hydroxylation sites is 1. The van der Waals surface area contributed by atoms with Gasteiger partial charge >= 0.3 is 5.97 Å². The summed E-state index contributed by atoms with van der Waals surface area (Å²) in [6.07, 6.45) is 0. The van der Waals surface area contributed by atoms with Crippen LogP contribution >= 0.6 is 11.6 Å². The fourth-order valence-corrected chi connectivity index (χ4v) is 3.62. The van der Waals surface area contributed by atoms with Gasteiger partial charge in [-0.25, -0.2) is 17.9 Å². The lowest BCUT2D eigenvalue weighted by Crippen LogP contribution is -2.19. The van der Waals surface area contributed by atoms with Gasteiger partial charge < -0.3 is 15.8 Å². The van der Waals surface area contributed by atoms with Crippen LogP contribution in [0.5, 0.6) is 0 Å². The molecule has 3 aromatic rings. The third-order valence-electron chi connectivity index (χ3n) is 3.79. The van der Waals surface area contributed by atoms with E-state index in [2.05, 4.69) is 25.0 Å². The number of benzene rings is 2. The van der Waals surface area contributed by atoms with Crippen LogP contribution in [0.2, 0.25) is 5.02 Å². The summed E-state index contributed by atoms with van der Waals surface area (Å²) in [5.41, 5.74) is 6.44. The van der Waals surface area contributed by atoms with Crippen molar-refractivity contribution in [3.63, 3.8) is 0 Å². The van der Waals surface area contributed by atoms with Gasteiger partial charge in [0.2, 0.25) is 21.9 Å². The monoisotopic (exact) mass is 448 g/mol. The Morgan fingerprint density at radius 1 is 1.13 bits per heavy atom. The van der Waals surface area contributed by atoms with Crippen molar-refractivity contribution in [2.24, 2.45) is 0 Å². The largest absolute Gasteiger partial charge is 0.454 e. The van der Waals surface area contributed by atoms with Gasteiger partial charge in [-0.1, -0.05) is 29.8 Å². The molecule has 156 valence electrons. The van der Waals surface area contributed by atoms with E-state index in [9.17, 15) is 13.2 Å². The van der Waals surface area contributed by atoms with Gasteiger partial charge in [-0.15, -0.1) is 0 Å². The highest BCUT2D eigenvalue weighted by Crippen LogP contribution is 2.23. The molecule has 0 saturated carbocycles. The van der Waals surface area contributed by atoms with E-state index in [4.69, 9.17) is 22.1 Å². The summed E-state index contributed by atoms with van der Waals surface area (Å²) in [5, 5.41) is 2.94. The van der Waals surface area contributed by atoms with E-state index in [0.29, 0.717) is 0 Å². The Hall–Kier alpha value is -3.28. The first kappa shape index (κ1) is 21.4. The number of aromatic nitrogens is 3. The molecule has 0 amide bonds. The maximum absolute atomic E-state index is 12.4. The normalized spacial score (nSPS) is 11.1. The third-order valence-corrected chi connectivity index (χ3v) is 5.68. The third kappa shape index (κ3) is 5.20. The Bertz CT molecular complexity index is 1170. The summed E-state index contributed by atoms with van der Waals surface area (Å²) in [7, 11) is -2.60. The summed E-state index contributed by atoms with van der Waals surface area (Å²) in [4.78, 5) is 24.2. The number of hydrogen-bond donors (Lipinski definition) is 3. The maximum Gasteiger partial charge on any atom is 0.338 e. The zero-order valence-electron chi connectivity index (χ0n) is 15.7. The van der Waals surface area contributed by atoms with Crippen LogP contribution < -0.4 is 15.8 Å². The molecule has 2 aromatic carbocycles. The van der Waals surface area contributed by atoms with Gasteiger partial charge in [-0.2, -0.15) is 15.0 Å². The van der Waals surface area contributed by atoms with Gasteiger partial charge in [0, 0.05) is 5.69 Å². The van der Waals surface area contributed by atoms with Crippen molar-refractivity contribution < 1.29 is 17.9 Å². The number of sulfonamides is 1. The topological polar surface area (TPSA) is 149 Å². The molecule has 0 unspecified atom stereocenters. The lowest BCUT2D eigenvalue weighted by Gasteiger charge is -2.09. The van der Waals surface area contributed by atoms with Crippen LogP contribution in [0, 0.1) is 0 Å². The minimum absolute atomic E-state index is 0.00196. The predicted octanol–water partition coefficient (Wildman–Crippen LogP) is 2.12. The standard InChI is InChI=1S/C18H17ClN6O4S/c1-21-30(27,28)14-9-11(7-8-13(14)19)16(26)29-10-15-23-17(20)25-18(24-15)22-12-5-3-2-4-6-12/h2-9,21H,10H2,1H3,(H3,20,22,23,24,25). The number of ether oxygens (including phenoxy) is 1. The van der Waals surface area contributed by atoms with E-state index in [1.807, 2.05) is 30.3 Å². The number of nitrogen functional groups attached to an aromatic ring is 1. The highest BCUT2D eigenvalue weighted by atomic mass is 35.5. The molecular weight excluding hydrogens is 432 g/mol. The molecule has 10 nitrogen and oxygen atoms in total. The molecule has 1 heterocycles. The zero-order chi connectivity index (χ0) is 21.7. The summed E-state index contributed by atoms with van der Waals surface area (Å²) in [6, 6.07) is 12.9. The average molecular weight is 449 g/mol. The van der Waals surface area contributed by atoms with Crippen molar-refractivity contribution in [3.05, 3.63) is 64.9 Å². The molecule has 0 bridgehead atoms. The molecule has 1 aromatic heterocycles. The number of anilines is 3. The molecule has 30 heavy (non-hydrogen) atoms. The molecular formula is C18H17ClN6O4S. The Morgan fingerprint density at radius 2 is 1.87 bits per heavy atom. The molecule has 12 heteroatoms. The highest BCUT2D eigenvalue weighted by Gasteiger charge is 2.19. The Morgan fingerprint density at radius 3 is 2.57 bits per heavy atom. The lowest BCUT2D eigenvalue weighted by molar-refractivity contribution is 0.0462. The number of esters is 1. The molecule has 0 atom stereocenters. The Kier molecular flexibility index (Phi) is 6.45.